The van der Waals surface area contributed by atoms with Crippen LogP contribution in [0.5, 0.6) is 5.88 Å². The number of amides is 2. The number of rotatable bonds is 1. The molecule has 10 nitrogen and oxygen atoms in total. The summed E-state index contributed by atoms with van der Waals surface area (Å²) in [7, 11) is 1.27. The van der Waals surface area contributed by atoms with E-state index in [-0.39, 0.29) is 37.1 Å². The van der Waals surface area contributed by atoms with Gasteiger partial charge >= 0.3 is 12.1 Å². The zero-order chi connectivity index (χ0) is 27.4. The van der Waals surface area contributed by atoms with Crippen LogP contribution in [0.25, 0.3) is 10.8 Å². The van der Waals surface area contributed by atoms with Gasteiger partial charge in [0.1, 0.15) is 24.8 Å². The topological polar surface area (TPSA) is 116 Å². The van der Waals surface area contributed by atoms with E-state index in [1.54, 1.807) is 10.6 Å². The summed E-state index contributed by atoms with van der Waals surface area (Å²) in [6.07, 6.45) is 8.43. The van der Waals surface area contributed by atoms with Crippen molar-refractivity contribution < 1.29 is 28.6 Å². The van der Waals surface area contributed by atoms with Crippen molar-refractivity contribution in [2.24, 2.45) is 5.92 Å². The molecule has 0 radical (unpaired) electrons. The normalized spacial score (nSPS) is 27.2. The van der Waals surface area contributed by atoms with Crippen molar-refractivity contribution in [3.05, 3.63) is 52.8 Å². The lowest BCUT2D eigenvalue weighted by atomic mass is 9.98. The van der Waals surface area contributed by atoms with Crippen LogP contribution in [0.15, 0.2) is 47.3 Å². The minimum Gasteiger partial charge on any atom is -0.473 e. The Bertz CT molecular complexity index is 1320. The SMILES string of the molecule is COC(=O)[C@@H]1C[C@@H]2CN1C(=O)CNC(=O)O[C@@H]1CCC[C@H]1CCC/C=C/Cn1c(cc3ccccc3c1=O)O2. The first-order valence-electron chi connectivity index (χ1n) is 13.7. The molecule has 1 aromatic heterocycles. The molecule has 208 valence electrons. The summed E-state index contributed by atoms with van der Waals surface area (Å²) in [6.45, 7) is 0.139. The van der Waals surface area contributed by atoms with E-state index >= 15 is 0 Å². The summed E-state index contributed by atoms with van der Waals surface area (Å²) in [5.74, 6) is -0.340. The predicted molar refractivity (Wildman–Crippen MR) is 143 cm³/mol. The van der Waals surface area contributed by atoms with Gasteiger partial charge in [0.15, 0.2) is 5.88 Å². The van der Waals surface area contributed by atoms with Crippen molar-refractivity contribution in [1.82, 2.24) is 14.8 Å². The second-order valence-electron chi connectivity index (χ2n) is 10.4. The molecule has 5 rings (SSSR count). The van der Waals surface area contributed by atoms with Gasteiger partial charge in [0.05, 0.1) is 13.7 Å². The van der Waals surface area contributed by atoms with Crippen LogP contribution in [0.1, 0.15) is 44.9 Å². The summed E-state index contributed by atoms with van der Waals surface area (Å²) in [4.78, 5) is 53.0. The van der Waals surface area contributed by atoms with Crippen LogP contribution in [0.3, 0.4) is 0 Å². The Morgan fingerprint density at radius 2 is 1.87 bits per heavy atom. The number of hydrogen-bond donors (Lipinski definition) is 1. The summed E-state index contributed by atoms with van der Waals surface area (Å²) in [5, 5.41) is 3.90. The fourth-order valence-electron chi connectivity index (χ4n) is 5.95. The lowest BCUT2D eigenvalue weighted by molar-refractivity contribution is -0.150. The molecule has 3 aliphatic rings. The maximum absolute atomic E-state index is 13.4. The average molecular weight is 538 g/mol. The van der Waals surface area contributed by atoms with E-state index in [1.807, 2.05) is 30.3 Å². The first-order valence-corrected chi connectivity index (χ1v) is 13.7. The lowest BCUT2D eigenvalue weighted by Gasteiger charge is -2.23. The molecule has 0 unspecified atom stereocenters. The first-order chi connectivity index (χ1) is 18.9. The van der Waals surface area contributed by atoms with Gasteiger partial charge in [0.25, 0.3) is 5.56 Å². The molecule has 4 atom stereocenters. The average Bonchev–Trinajstić information content (AvgIpc) is 3.56. The van der Waals surface area contributed by atoms with Gasteiger partial charge < -0.3 is 24.4 Å². The van der Waals surface area contributed by atoms with E-state index in [4.69, 9.17) is 14.2 Å². The van der Waals surface area contributed by atoms with Crippen molar-refractivity contribution in [3.8, 4) is 5.88 Å². The number of hydrogen-bond acceptors (Lipinski definition) is 7. The second-order valence-corrected chi connectivity index (χ2v) is 10.4. The number of benzene rings is 1. The van der Waals surface area contributed by atoms with Crippen LogP contribution in [0, 0.1) is 5.92 Å². The van der Waals surface area contributed by atoms with Gasteiger partial charge in [-0.05, 0) is 55.9 Å². The standard InChI is InChI=1S/C29H35N3O7/c1-37-28(35)23-16-21-18-32(23)25(33)17-30-29(36)39-24-13-8-11-19(24)9-4-2-3-7-14-31-26(38-21)15-20-10-5-6-12-22(20)27(31)34/h3,5-7,10,12,15,19,21,23-24H,2,4,8-9,11,13-14,16-18H2,1H3,(H,30,36)/b7-3+/t19-,21-,23+,24-/m1/s1. The Hall–Kier alpha value is -3.82. The van der Waals surface area contributed by atoms with Crippen LogP contribution in [0.4, 0.5) is 4.79 Å². The number of carbonyl (C=O) groups is 3. The van der Waals surface area contributed by atoms with Crippen LogP contribution >= 0.6 is 0 Å². The largest absolute Gasteiger partial charge is 0.473 e. The monoisotopic (exact) mass is 537 g/mol. The van der Waals surface area contributed by atoms with Crippen molar-refractivity contribution >= 4 is 28.7 Å². The number of nitrogens with one attached hydrogen (secondary N) is 1. The highest BCUT2D eigenvalue weighted by Gasteiger charge is 2.42. The number of methoxy groups -OCH3 is 1. The molecule has 2 amide bonds. The summed E-state index contributed by atoms with van der Waals surface area (Å²) in [5.41, 5.74) is -0.164. The minimum atomic E-state index is -0.865. The van der Waals surface area contributed by atoms with Crippen molar-refractivity contribution in [3.63, 3.8) is 0 Å². The maximum atomic E-state index is 13.4. The van der Waals surface area contributed by atoms with E-state index in [0.717, 1.165) is 43.9 Å². The van der Waals surface area contributed by atoms with Crippen LogP contribution in [0.2, 0.25) is 0 Å². The Morgan fingerprint density at radius 3 is 2.72 bits per heavy atom. The molecule has 2 bridgehead atoms. The smallest absolute Gasteiger partial charge is 0.407 e. The third-order valence-corrected chi connectivity index (χ3v) is 7.96. The molecule has 3 heterocycles. The van der Waals surface area contributed by atoms with Gasteiger partial charge in [-0.3, -0.25) is 14.2 Å². The first kappa shape index (κ1) is 26.8. The summed E-state index contributed by atoms with van der Waals surface area (Å²) in [6, 6.07) is 8.29. The number of aromatic nitrogens is 1. The number of nitrogens with zero attached hydrogens (tertiary/aromatic N) is 2. The molecule has 1 saturated heterocycles. The molecular weight excluding hydrogens is 502 g/mol. The zero-order valence-electron chi connectivity index (χ0n) is 22.2. The molecular formula is C29H35N3O7. The molecule has 0 spiro atoms. The van der Waals surface area contributed by atoms with Gasteiger partial charge in [-0.25, -0.2) is 9.59 Å². The van der Waals surface area contributed by atoms with Crippen molar-refractivity contribution in [2.45, 2.75) is 69.7 Å². The van der Waals surface area contributed by atoms with Gasteiger partial charge in [-0.15, -0.1) is 0 Å². The number of ether oxygens (including phenoxy) is 3. The van der Waals surface area contributed by atoms with Crippen molar-refractivity contribution in [2.75, 3.05) is 20.2 Å². The van der Waals surface area contributed by atoms with Gasteiger partial charge in [-0.1, -0.05) is 30.4 Å². The number of allylic oxidation sites excluding steroid dienone is 2. The second kappa shape index (κ2) is 11.9. The predicted octanol–water partition coefficient (Wildman–Crippen LogP) is 3.16. The number of alkyl carbamates (subject to hydrolysis) is 1. The van der Waals surface area contributed by atoms with Gasteiger partial charge in [0, 0.05) is 24.4 Å². The number of esters is 1. The third-order valence-electron chi connectivity index (χ3n) is 7.96. The van der Waals surface area contributed by atoms with E-state index in [2.05, 4.69) is 11.4 Å². The molecule has 10 heteroatoms. The maximum Gasteiger partial charge on any atom is 0.407 e. The van der Waals surface area contributed by atoms with E-state index in [0.29, 0.717) is 17.8 Å². The molecule has 39 heavy (non-hydrogen) atoms. The highest BCUT2D eigenvalue weighted by atomic mass is 16.6. The third kappa shape index (κ3) is 5.94. The number of carbonyl (C=O) groups excluding carboxylic acids is 3. The Morgan fingerprint density at radius 1 is 1.05 bits per heavy atom. The number of fused-ring (bicyclic) bond motifs is 5. The Labute approximate surface area is 226 Å². The Balaban J connectivity index is 1.45. The van der Waals surface area contributed by atoms with Crippen LogP contribution in [-0.2, 0) is 25.6 Å². The lowest BCUT2D eigenvalue weighted by Crippen LogP contribution is -2.46. The fourth-order valence-corrected chi connectivity index (χ4v) is 5.95. The highest BCUT2D eigenvalue weighted by Crippen LogP contribution is 2.32. The molecule has 1 aliphatic carbocycles. The quantitative estimate of drug-likeness (QED) is 0.439. The zero-order valence-corrected chi connectivity index (χ0v) is 22.2. The molecule has 1 N–H and O–H groups in total. The van der Waals surface area contributed by atoms with Gasteiger partial charge in [0.2, 0.25) is 5.91 Å². The molecule has 2 fully saturated rings. The van der Waals surface area contributed by atoms with E-state index in [1.165, 1.54) is 12.0 Å². The summed E-state index contributed by atoms with van der Waals surface area (Å²) < 4.78 is 18.5. The molecule has 2 aromatic rings. The van der Waals surface area contributed by atoms with Gasteiger partial charge in [-0.2, -0.15) is 0 Å². The molecule has 2 aliphatic heterocycles. The molecule has 1 saturated carbocycles. The summed E-state index contributed by atoms with van der Waals surface area (Å²) >= 11 is 0. The van der Waals surface area contributed by atoms with E-state index < -0.39 is 30.1 Å². The van der Waals surface area contributed by atoms with E-state index in [9.17, 15) is 19.2 Å². The fraction of sp³-hybridized carbons (Fsp3) is 0.517. The van der Waals surface area contributed by atoms with Crippen LogP contribution < -0.4 is 15.6 Å². The minimum absolute atomic E-state index is 0.108. The number of pyridine rings is 1. The highest BCUT2D eigenvalue weighted by molar-refractivity contribution is 5.88. The van der Waals surface area contributed by atoms with Crippen molar-refractivity contribution in [1.29, 1.82) is 0 Å². The molecule has 1 aromatic carbocycles. The Kier molecular flexibility index (Phi) is 8.18. The van der Waals surface area contributed by atoms with Crippen LogP contribution in [-0.4, -0.2) is 65.9 Å².